The Morgan fingerprint density at radius 2 is 1.95 bits per heavy atom. The van der Waals surface area contributed by atoms with E-state index in [1.54, 1.807) is 17.8 Å². The molecule has 0 spiro atoms. The number of hydrogen-bond donors (Lipinski definition) is 1. The van der Waals surface area contributed by atoms with Gasteiger partial charge in [-0.1, -0.05) is 11.8 Å². The lowest BCUT2D eigenvalue weighted by atomic mass is 10.0. The van der Waals surface area contributed by atoms with E-state index in [1.165, 1.54) is 34.7 Å². The van der Waals surface area contributed by atoms with Crippen LogP contribution in [-0.2, 0) is 4.79 Å². The van der Waals surface area contributed by atoms with E-state index in [0.29, 0.717) is 6.42 Å². The van der Waals surface area contributed by atoms with E-state index in [2.05, 4.69) is 29.3 Å². The Morgan fingerprint density at radius 1 is 1.18 bits per heavy atom. The van der Waals surface area contributed by atoms with Gasteiger partial charge in [0.2, 0.25) is 0 Å². The minimum absolute atomic E-state index is 0.210. The molecular formula is C18H20N2OS. The quantitative estimate of drug-likeness (QED) is 0.840. The predicted molar refractivity (Wildman–Crippen MR) is 92.5 cm³/mol. The number of anilines is 2. The van der Waals surface area contributed by atoms with Gasteiger partial charge >= 0.3 is 0 Å². The smallest absolute Gasteiger partial charge is 0.161 e. The van der Waals surface area contributed by atoms with Crippen LogP contribution in [0.5, 0.6) is 0 Å². The van der Waals surface area contributed by atoms with Crippen LogP contribution in [0.4, 0.5) is 11.4 Å². The van der Waals surface area contributed by atoms with Crippen LogP contribution in [0.2, 0.25) is 0 Å². The summed E-state index contributed by atoms with van der Waals surface area (Å²) in [6, 6.07) is 4.57. The Bertz CT molecular complexity index is 727. The molecule has 1 N–H and O–H groups in total. The van der Waals surface area contributed by atoms with Crippen molar-refractivity contribution in [3.63, 3.8) is 0 Å². The topological polar surface area (TPSA) is 32.3 Å². The number of thioether (sulfide) groups is 1. The summed E-state index contributed by atoms with van der Waals surface area (Å²) < 4.78 is 0. The van der Waals surface area contributed by atoms with Crippen LogP contribution in [0.1, 0.15) is 31.7 Å². The van der Waals surface area contributed by atoms with Gasteiger partial charge in [-0.2, -0.15) is 0 Å². The fraction of sp³-hybridized carbons (Fsp3) is 0.389. The number of aryl methyl sites for hydroxylation is 1. The third-order valence-electron chi connectivity index (χ3n) is 4.62. The minimum Gasteiger partial charge on any atom is -0.371 e. The molecule has 0 atom stereocenters. The molecule has 4 rings (SSSR count). The van der Waals surface area contributed by atoms with E-state index < -0.39 is 0 Å². The second-order valence-corrected chi connectivity index (χ2v) is 7.46. The molecule has 1 aliphatic carbocycles. The Morgan fingerprint density at radius 3 is 2.73 bits per heavy atom. The van der Waals surface area contributed by atoms with Gasteiger partial charge in [0.1, 0.15) is 0 Å². The number of carbonyl (C=O) groups excluding carboxylic acids is 1. The maximum absolute atomic E-state index is 11.8. The molecule has 3 aliphatic rings. The number of fused-ring (bicyclic) bond motifs is 1. The molecule has 0 radical (unpaired) electrons. The lowest BCUT2D eigenvalue weighted by Crippen LogP contribution is -2.19. The summed E-state index contributed by atoms with van der Waals surface area (Å²) in [5.74, 6) is 0.210. The van der Waals surface area contributed by atoms with Crippen molar-refractivity contribution in [2.75, 3.05) is 23.3 Å². The highest BCUT2D eigenvalue weighted by molar-refractivity contribution is 8.03. The zero-order chi connectivity index (χ0) is 15.3. The van der Waals surface area contributed by atoms with Crippen LogP contribution in [0.25, 0.3) is 0 Å². The first kappa shape index (κ1) is 13.9. The number of nitrogens with zero attached hydrogens (tertiary/aromatic N) is 1. The van der Waals surface area contributed by atoms with Crippen molar-refractivity contribution >= 4 is 28.9 Å². The highest BCUT2D eigenvalue weighted by Crippen LogP contribution is 2.47. The summed E-state index contributed by atoms with van der Waals surface area (Å²) in [4.78, 5) is 16.7. The van der Waals surface area contributed by atoms with Gasteiger partial charge in [0, 0.05) is 35.0 Å². The molecule has 0 amide bonds. The van der Waals surface area contributed by atoms with Crippen molar-refractivity contribution < 1.29 is 4.79 Å². The van der Waals surface area contributed by atoms with E-state index >= 15 is 0 Å². The van der Waals surface area contributed by atoms with Crippen molar-refractivity contribution in [1.29, 1.82) is 0 Å². The van der Waals surface area contributed by atoms with E-state index in [0.717, 1.165) is 29.3 Å². The van der Waals surface area contributed by atoms with Gasteiger partial charge in [0.15, 0.2) is 5.78 Å². The molecule has 1 aromatic carbocycles. The number of benzene rings is 1. The monoisotopic (exact) mass is 312 g/mol. The number of rotatable bonds is 1. The molecule has 2 aliphatic heterocycles. The van der Waals surface area contributed by atoms with Crippen molar-refractivity contribution in [1.82, 2.24) is 0 Å². The Balaban J connectivity index is 1.73. The molecule has 0 unspecified atom stereocenters. The molecule has 22 heavy (non-hydrogen) atoms. The van der Waals surface area contributed by atoms with Gasteiger partial charge in [0.05, 0.1) is 11.4 Å². The van der Waals surface area contributed by atoms with Crippen LogP contribution in [-0.4, -0.2) is 18.9 Å². The van der Waals surface area contributed by atoms with Crippen LogP contribution < -0.4 is 10.2 Å². The van der Waals surface area contributed by atoms with Crippen molar-refractivity contribution in [3.8, 4) is 0 Å². The average molecular weight is 312 g/mol. The molecular weight excluding hydrogens is 292 g/mol. The second-order valence-electron chi connectivity index (χ2n) is 6.33. The molecule has 1 saturated heterocycles. The van der Waals surface area contributed by atoms with E-state index in [-0.39, 0.29) is 5.78 Å². The summed E-state index contributed by atoms with van der Waals surface area (Å²) >= 11 is 1.76. The zero-order valence-electron chi connectivity index (χ0n) is 13.0. The maximum atomic E-state index is 11.8. The molecule has 3 nitrogen and oxygen atoms in total. The van der Waals surface area contributed by atoms with Gasteiger partial charge < -0.3 is 10.2 Å². The summed E-state index contributed by atoms with van der Waals surface area (Å²) in [6.07, 6.45) is 4.85. The van der Waals surface area contributed by atoms with E-state index in [4.69, 9.17) is 0 Å². The highest BCUT2D eigenvalue weighted by atomic mass is 32.2. The second kappa shape index (κ2) is 5.20. The average Bonchev–Trinajstić information content (AvgIpc) is 2.99. The third kappa shape index (κ3) is 2.26. The van der Waals surface area contributed by atoms with E-state index in [1.807, 2.05) is 6.92 Å². The molecule has 1 fully saturated rings. The first-order chi connectivity index (χ1) is 10.6. The first-order valence-corrected chi connectivity index (χ1v) is 8.72. The summed E-state index contributed by atoms with van der Waals surface area (Å²) in [7, 11) is 0. The van der Waals surface area contributed by atoms with Crippen molar-refractivity contribution in [3.05, 3.63) is 39.9 Å². The fourth-order valence-electron chi connectivity index (χ4n) is 3.48. The number of ketones is 1. The Hall–Kier alpha value is -1.68. The van der Waals surface area contributed by atoms with Crippen LogP contribution in [0.15, 0.2) is 39.3 Å². The molecule has 114 valence electrons. The number of hydrogen-bond acceptors (Lipinski definition) is 4. The van der Waals surface area contributed by atoms with Crippen molar-refractivity contribution in [2.45, 2.75) is 38.0 Å². The molecule has 0 bridgehead atoms. The zero-order valence-corrected chi connectivity index (χ0v) is 13.8. The number of carbonyl (C=O) groups is 1. The SMILES string of the molecule is CC1=CC(=O)CC2=C1Nc1c(C)cc(N3CCCC3)cc1S2. The van der Waals surface area contributed by atoms with Gasteiger partial charge in [-0.05, 0) is 56.0 Å². The predicted octanol–water partition coefficient (Wildman–Crippen LogP) is 4.24. The van der Waals surface area contributed by atoms with Gasteiger partial charge in [-0.3, -0.25) is 4.79 Å². The number of nitrogens with one attached hydrogen (secondary N) is 1. The lowest BCUT2D eigenvalue weighted by Gasteiger charge is -2.29. The van der Waals surface area contributed by atoms with E-state index in [9.17, 15) is 4.79 Å². The van der Waals surface area contributed by atoms with Gasteiger partial charge in [-0.25, -0.2) is 0 Å². The van der Waals surface area contributed by atoms with Gasteiger partial charge in [-0.15, -0.1) is 0 Å². The van der Waals surface area contributed by atoms with Crippen LogP contribution in [0, 0.1) is 6.92 Å². The molecule has 1 aromatic rings. The Kier molecular flexibility index (Phi) is 3.30. The summed E-state index contributed by atoms with van der Waals surface area (Å²) in [5, 5.41) is 3.58. The molecule has 0 saturated carbocycles. The van der Waals surface area contributed by atoms with Crippen LogP contribution >= 0.6 is 11.8 Å². The number of allylic oxidation sites excluding steroid dienone is 3. The summed E-state index contributed by atoms with van der Waals surface area (Å²) in [5.41, 5.74) is 5.99. The largest absolute Gasteiger partial charge is 0.371 e. The minimum atomic E-state index is 0.210. The maximum Gasteiger partial charge on any atom is 0.161 e. The lowest BCUT2D eigenvalue weighted by molar-refractivity contribution is -0.114. The van der Waals surface area contributed by atoms with Gasteiger partial charge in [0.25, 0.3) is 0 Å². The summed E-state index contributed by atoms with van der Waals surface area (Å²) in [6.45, 7) is 6.50. The molecule has 0 aromatic heterocycles. The standard InChI is InChI=1S/C18H20N2OS/c1-11-7-13(20-5-3-4-6-20)9-15-17(11)19-18-12(2)8-14(21)10-16(18)22-15/h7-9,19H,3-6,10H2,1-2H3. The highest BCUT2D eigenvalue weighted by Gasteiger charge is 2.26. The first-order valence-electron chi connectivity index (χ1n) is 7.91. The Labute approximate surface area is 135 Å². The molecule has 2 heterocycles. The fourth-order valence-corrected chi connectivity index (χ4v) is 4.77. The third-order valence-corrected chi connectivity index (χ3v) is 5.76. The van der Waals surface area contributed by atoms with Crippen LogP contribution in [0.3, 0.4) is 0 Å². The molecule has 4 heteroatoms. The normalized spacial score (nSPS) is 20.5. The van der Waals surface area contributed by atoms with Crippen molar-refractivity contribution in [2.24, 2.45) is 0 Å².